The lowest BCUT2D eigenvalue weighted by Crippen LogP contribution is -2.51. The van der Waals surface area contributed by atoms with Crippen molar-refractivity contribution >= 4 is 26.8 Å². The number of aromatic nitrogens is 2. The highest BCUT2D eigenvalue weighted by Crippen LogP contribution is 2.18. The van der Waals surface area contributed by atoms with E-state index in [4.69, 9.17) is 0 Å². The third-order valence-corrected chi connectivity index (χ3v) is 3.69. The molecule has 0 saturated carbocycles. The highest BCUT2D eigenvalue weighted by molar-refractivity contribution is 9.10. The number of hydrogen-bond donors (Lipinski definition) is 2. The molecule has 0 radical (unpaired) electrons. The summed E-state index contributed by atoms with van der Waals surface area (Å²) in [7, 11) is 0. The van der Waals surface area contributed by atoms with Crippen molar-refractivity contribution in [3.63, 3.8) is 0 Å². The molecule has 2 heterocycles. The maximum absolute atomic E-state index is 12.3. The van der Waals surface area contributed by atoms with E-state index in [0.29, 0.717) is 28.5 Å². The van der Waals surface area contributed by atoms with Gasteiger partial charge in [-0.2, -0.15) is 0 Å². The van der Waals surface area contributed by atoms with Crippen LogP contribution in [-0.2, 0) is 0 Å². The number of rotatable bonds is 1. The Morgan fingerprint density at radius 1 is 1.29 bits per heavy atom. The average molecular weight is 296 g/mol. The summed E-state index contributed by atoms with van der Waals surface area (Å²) in [6.45, 7) is 1.33. The molecule has 0 atom stereocenters. The summed E-state index contributed by atoms with van der Waals surface area (Å²) in [6.07, 6.45) is 0. The molecule has 3 rings (SSSR count). The maximum Gasteiger partial charge on any atom is 0.329 e. The van der Waals surface area contributed by atoms with Crippen molar-refractivity contribution in [3.8, 4) is 0 Å². The highest BCUT2D eigenvalue weighted by atomic mass is 79.9. The second kappa shape index (κ2) is 3.82. The number of benzene rings is 1. The van der Waals surface area contributed by atoms with E-state index in [1.54, 1.807) is 18.2 Å². The summed E-state index contributed by atoms with van der Waals surface area (Å²) in [4.78, 5) is 26.9. The van der Waals surface area contributed by atoms with Crippen molar-refractivity contribution in [2.24, 2.45) is 0 Å². The Morgan fingerprint density at radius 2 is 2.06 bits per heavy atom. The van der Waals surface area contributed by atoms with Gasteiger partial charge in [0.2, 0.25) is 0 Å². The zero-order valence-electron chi connectivity index (χ0n) is 8.87. The normalized spacial score (nSPS) is 16.1. The van der Waals surface area contributed by atoms with Crippen LogP contribution < -0.4 is 16.6 Å². The molecule has 2 aromatic rings. The first-order valence-corrected chi connectivity index (χ1v) is 6.11. The summed E-state index contributed by atoms with van der Waals surface area (Å²) >= 11 is 3.34. The van der Waals surface area contributed by atoms with Gasteiger partial charge < -0.3 is 10.3 Å². The van der Waals surface area contributed by atoms with Crippen LogP contribution in [0.2, 0.25) is 0 Å². The van der Waals surface area contributed by atoms with Gasteiger partial charge >= 0.3 is 5.69 Å². The molecular formula is C11H10BrN3O2. The predicted octanol–water partition coefficient (Wildman–Crippen LogP) is 0.597. The first-order chi connectivity index (χ1) is 8.18. The lowest BCUT2D eigenvalue weighted by Gasteiger charge is -2.28. The molecule has 1 aliphatic heterocycles. The summed E-state index contributed by atoms with van der Waals surface area (Å²) in [5.74, 6) is 0. The van der Waals surface area contributed by atoms with Gasteiger partial charge in [-0.1, -0.05) is 6.07 Å². The number of fused-ring (bicyclic) bond motifs is 1. The second-order valence-electron chi connectivity index (χ2n) is 4.08. The molecule has 0 spiro atoms. The van der Waals surface area contributed by atoms with Crippen molar-refractivity contribution in [2.75, 3.05) is 13.1 Å². The minimum Gasteiger partial charge on any atom is -0.312 e. The molecule has 2 N–H and O–H groups in total. The summed E-state index contributed by atoms with van der Waals surface area (Å²) in [5, 5.41) is 3.58. The second-order valence-corrected chi connectivity index (χ2v) is 4.93. The van der Waals surface area contributed by atoms with Gasteiger partial charge in [0, 0.05) is 17.6 Å². The number of nitrogens with zero attached hydrogens (tertiary/aromatic N) is 1. The largest absolute Gasteiger partial charge is 0.329 e. The van der Waals surface area contributed by atoms with Crippen LogP contribution in [0.15, 0.2) is 32.3 Å². The summed E-state index contributed by atoms with van der Waals surface area (Å²) in [6, 6.07) is 5.28. The van der Waals surface area contributed by atoms with E-state index in [-0.39, 0.29) is 17.3 Å². The average Bonchev–Trinajstić information content (AvgIpc) is 2.21. The minimum atomic E-state index is -0.341. The Bertz CT molecular complexity index is 700. The third-order valence-electron chi connectivity index (χ3n) is 3.03. The van der Waals surface area contributed by atoms with E-state index in [9.17, 15) is 9.59 Å². The molecule has 88 valence electrons. The Hall–Kier alpha value is -1.40. The number of nitrogens with one attached hydrogen (secondary N) is 2. The molecule has 1 saturated heterocycles. The molecule has 0 bridgehead atoms. The van der Waals surface area contributed by atoms with Crippen LogP contribution in [0.4, 0.5) is 0 Å². The van der Waals surface area contributed by atoms with E-state index < -0.39 is 0 Å². The Labute approximate surface area is 105 Å². The molecule has 0 aliphatic carbocycles. The maximum atomic E-state index is 12.3. The lowest BCUT2D eigenvalue weighted by atomic mass is 10.1. The lowest BCUT2D eigenvalue weighted by molar-refractivity contribution is 0.327. The fraction of sp³-hybridized carbons (Fsp3) is 0.273. The number of H-pyrrole nitrogens is 1. The van der Waals surface area contributed by atoms with Gasteiger partial charge in [-0.05, 0) is 28.1 Å². The van der Waals surface area contributed by atoms with Crippen LogP contribution in [-0.4, -0.2) is 22.6 Å². The van der Waals surface area contributed by atoms with Gasteiger partial charge in [0.1, 0.15) is 0 Å². The summed E-state index contributed by atoms with van der Waals surface area (Å²) in [5.41, 5.74) is -0.00673. The molecule has 6 heteroatoms. The third kappa shape index (κ3) is 1.56. The van der Waals surface area contributed by atoms with Crippen molar-refractivity contribution in [2.45, 2.75) is 6.04 Å². The van der Waals surface area contributed by atoms with Crippen molar-refractivity contribution in [1.29, 1.82) is 0 Å². The molecule has 0 amide bonds. The molecule has 1 fully saturated rings. The van der Waals surface area contributed by atoms with E-state index in [1.807, 2.05) is 0 Å². The van der Waals surface area contributed by atoms with E-state index in [0.717, 1.165) is 0 Å². The van der Waals surface area contributed by atoms with Crippen LogP contribution in [0.1, 0.15) is 6.04 Å². The van der Waals surface area contributed by atoms with Crippen LogP contribution in [0.3, 0.4) is 0 Å². The monoisotopic (exact) mass is 295 g/mol. The van der Waals surface area contributed by atoms with Gasteiger partial charge in [-0.3, -0.25) is 9.36 Å². The van der Waals surface area contributed by atoms with Gasteiger partial charge in [0.05, 0.1) is 16.9 Å². The minimum absolute atomic E-state index is 0.0391. The number of hydrogen-bond acceptors (Lipinski definition) is 3. The highest BCUT2D eigenvalue weighted by Gasteiger charge is 2.23. The van der Waals surface area contributed by atoms with Gasteiger partial charge in [0.25, 0.3) is 5.56 Å². The molecule has 1 aromatic heterocycles. The van der Waals surface area contributed by atoms with Gasteiger partial charge in [-0.15, -0.1) is 0 Å². The fourth-order valence-corrected chi connectivity index (χ4v) is 2.56. The van der Waals surface area contributed by atoms with Gasteiger partial charge in [-0.25, -0.2) is 4.79 Å². The molecule has 0 unspecified atom stereocenters. The Morgan fingerprint density at radius 3 is 2.71 bits per heavy atom. The zero-order chi connectivity index (χ0) is 12.0. The Kier molecular flexibility index (Phi) is 2.41. The first-order valence-electron chi connectivity index (χ1n) is 5.32. The molecule has 5 nitrogen and oxygen atoms in total. The van der Waals surface area contributed by atoms with Crippen molar-refractivity contribution in [1.82, 2.24) is 14.9 Å². The molecular weight excluding hydrogens is 286 g/mol. The van der Waals surface area contributed by atoms with E-state index in [2.05, 4.69) is 26.2 Å². The Balaban J connectivity index is 2.41. The number of halogens is 1. The van der Waals surface area contributed by atoms with Crippen LogP contribution in [0, 0.1) is 0 Å². The van der Waals surface area contributed by atoms with E-state index >= 15 is 0 Å². The topological polar surface area (TPSA) is 66.9 Å². The predicted molar refractivity (Wildman–Crippen MR) is 68.4 cm³/mol. The van der Waals surface area contributed by atoms with Crippen LogP contribution in [0.25, 0.3) is 10.9 Å². The molecule has 1 aromatic carbocycles. The molecule has 1 aliphatic rings. The first kappa shape index (κ1) is 10.7. The van der Waals surface area contributed by atoms with Crippen molar-refractivity contribution in [3.05, 3.63) is 43.5 Å². The molecule has 17 heavy (non-hydrogen) atoms. The quantitative estimate of drug-likeness (QED) is 0.809. The van der Waals surface area contributed by atoms with Gasteiger partial charge in [0.15, 0.2) is 0 Å². The zero-order valence-corrected chi connectivity index (χ0v) is 10.5. The van der Waals surface area contributed by atoms with Crippen molar-refractivity contribution < 1.29 is 0 Å². The fourth-order valence-electron chi connectivity index (χ4n) is 2.02. The number of aromatic amines is 1. The SMILES string of the molecule is O=c1[nH]c2cccc(Br)c2c(=O)n1C1CNC1. The summed E-state index contributed by atoms with van der Waals surface area (Å²) < 4.78 is 2.00. The van der Waals surface area contributed by atoms with Crippen LogP contribution >= 0.6 is 15.9 Å². The van der Waals surface area contributed by atoms with E-state index in [1.165, 1.54) is 4.57 Å². The standard InChI is InChI=1S/C11H10BrN3O2/c12-7-2-1-3-8-9(7)10(16)15(11(17)14-8)6-4-13-5-6/h1-3,6,13H,4-5H2,(H,14,17). The smallest absolute Gasteiger partial charge is 0.312 e. The van der Waals surface area contributed by atoms with Crippen LogP contribution in [0.5, 0.6) is 0 Å².